The molecule has 2 aliphatic heterocycles. The van der Waals surface area contributed by atoms with E-state index >= 15 is 0 Å². The zero-order chi connectivity index (χ0) is 11.7. The maximum Gasteiger partial charge on any atom is 0.231 e. The summed E-state index contributed by atoms with van der Waals surface area (Å²) in [6.07, 6.45) is 4.78. The first-order valence-corrected chi connectivity index (χ1v) is 6.53. The summed E-state index contributed by atoms with van der Waals surface area (Å²) in [7, 11) is 0. The van der Waals surface area contributed by atoms with E-state index < -0.39 is 0 Å². The summed E-state index contributed by atoms with van der Waals surface area (Å²) >= 11 is 6.34. The van der Waals surface area contributed by atoms with Gasteiger partial charge in [0.1, 0.15) is 0 Å². The average molecular weight is 254 g/mol. The number of hydrogen-bond donors (Lipinski definition) is 1. The molecular weight excluding hydrogens is 238 g/mol. The van der Waals surface area contributed by atoms with Crippen molar-refractivity contribution in [2.45, 2.75) is 31.7 Å². The number of nitrogens with one attached hydrogen (secondary N) is 1. The van der Waals surface area contributed by atoms with Crippen LogP contribution in [-0.2, 0) is 6.42 Å². The molecule has 2 heterocycles. The second-order valence-corrected chi connectivity index (χ2v) is 5.00. The van der Waals surface area contributed by atoms with Crippen LogP contribution in [0.1, 0.15) is 24.8 Å². The Morgan fingerprint density at radius 3 is 3.06 bits per heavy atom. The summed E-state index contributed by atoms with van der Waals surface area (Å²) in [5, 5.41) is 4.25. The van der Waals surface area contributed by atoms with Crippen molar-refractivity contribution in [3.05, 3.63) is 22.7 Å². The van der Waals surface area contributed by atoms with Crippen molar-refractivity contribution in [1.29, 1.82) is 0 Å². The molecule has 0 bridgehead atoms. The van der Waals surface area contributed by atoms with Gasteiger partial charge in [-0.1, -0.05) is 24.1 Å². The van der Waals surface area contributed by atoms with Crippen molar-refractivity contribution in [3.8, 4) is 11.5 Å². The van der Waals surface area contributed by atoms with Gasteiger partial charge in [-0.25, -0.2) is 0 Å². The number of piperidine rings is 1. The SMILES string of the molecule is Clc1c(CC2CCCCN2)ccc2c1OCO2. The van der Waals surface area contributed by atoms with Gasteiger partial charge in [0, 0.05) is 6.04 Å². The summed E-state index contributed by atoms with van der Waals surface area (Å²) in [6, 6.07) is 4.54. The zero-order valence-corrected chi connectivity index (χ0v) is 10.4. The van der Waals surface area contributed by atoms with Crippen molar-refractivity contribution in [3.63, 3.8) is 0 Å². The molecule has 4 heteroatoms. The molecule has 0 aromatic heterocycles. The average Bonchev–Trinajstić information content (AvgIpc) is 2.83. The Balaban J connectivity index is 1.78. The van der Waals surface area contributed by atoms with Gasteiger partial charge in [0.2, 0.25) is 6.79 Å². The molecule has 1 atom stereocenters. The lowest BCUT2D eigenvalue weighted by Crippen LogP contribution is -2.35. The second-order valence-electron chi connectivity index (χ2n) is 4.62. The third-order valence-corrected chi connectivity index (χ3v) is 3.85. The lowest BCUT2D eigenvalue weighted by atomic mass is 9.97. The van der Waals surface area contributed by atoms with Crippen molar-refractivity contribution in [2.75, 3.05) is 13.3 Å². The maximum atomic E-state index is 6.34. The Bertz CT molecular complexity index is 416. The van der Waals surface area contributed by atoms with Gasteiger partial charge < -0.3 is 14.8 Å². The lowest BCUT2D eigenvalue weighted by molar-refractivity contribution is 0.174. The Kier molecular flexibility index (Phi) is 3.12. The third kappa shape index (κ3) is 2.22. The standard InChI is InChI=1S/C13H16ClNO2/c14-12-9(7-10-3-1-2-6-15-10)4-5-11-13(12)17-8-16-11/h4-5,10,15H,1-3,6-8H2. The van der Waals surface area contributed by atoms with Crippen LogP contribution in [0.4, 0.5) is 0 Å². The number of rotatable bonds is 2. The topological polar surface area (TPSA) is 30.5 Å². The molecule has 0 saturated carbocycles. The minimum Gasteiger partial charge on any atom is -0.454 e. The minimum absolute atomic E-state index is 0.278. The van der Waals surface area contributed by atoms with Crippen LogP contribution in [0.5, 0.6) is 11.5 Å². The van der Waals surface area contributed by atoms with Crippen LogP contribution in [0.2, 0.25) is 5.02 Å². The van der Waals surface area contributed by atoms with Gasteiger partial charge in [0.05, 0.1) is 5.02 Å². The highest BCUT2D eigenvalue weighted by Gasteiger charge is 2.21. The predicted octanol–water partition coefficient (Wildman–Crippen LogP) is 2.75. The van der Waals surface area contributed by atoms with Crippen molar-refractivity contribution in [1.82, 2.24) is 5.32 Å². The molecule has 0 spiro atoms. The van der Waals surface area contributed by atoms with Crippen LogP contribution in [0.3, 0.4) is 0 Å². The van der Waals surface area contributed by atoms with Gasteiger partial charge >= 0.3 is 0 Å². The highest BCUT2D eigenvalue weighted by Crippen LogP contribution is 2.41. The van der Waals surface area contributed by atoms with E-state index in [1.807, 2.05) is 12.1 Å². The Hall–Kier alpha value is -0.930. The summed E-state index contributed by atoms with van der Waals surface area (Å²) in [4.78, 5) is 0. The fraction of sp³-hybridized carbons (Fsp3) is 0.538. The molecule has 0 amide bonds. The monoisotopic (exact) mass is 253 g/mol. The molecule has 1 fully saturated rings. The van der Waals surface area contributed by atoms with Crippen LogP contribution in [0.25, 0.3) is 0 Å². The first-order valence-electron chi connectivity index (χ1n) is 6.15. The molecule has 1 N–H and O–H groups in total. The molecule has 1 aromatic carbocycles. The van der Waals surface area contributed by atoms with E-state index in [0.29, 0.717) is 16.8 Å². The van der Waals surface area contributed by atoms with E-state index in [1.165, 1.54) is 19.3 Å². The van der Waals surface area contributed by atoms with Gasteiger partial charge in [-0.3, -0.25) is 0 Å². The minimum atomic E-state index is 0.278. The Morgan fingerprint density at radius 2 is 2.24 bits per heavy atom. The van der Waals surface area contributed by atoms with E-state index in [1.54, 1.807) is 0 Å². The summed E-state index contributed by atoms with van der Waals surface area (Å²) in [5.41, 5.74) is 1.15. The van der Waals surface area contributed by atoms with Crippen molar-refractivity contribution < 1.29 is 9.47 Å². The number of hydrogen-bond acceptors (Lipinski definition) is 3. The van der Waals surface area contributed by atoms with Gasteiger partial charge in [0.15, 0.2) is 11.5 Å². The van der Waals surface area contributed by atoms with Crippen LogP contribution < -0.4 is 14.8 Å². The van der Waals surface area contributed by atoms with Crippen LogP contribution in [0, 0.1) is 0 Å². The van der Waals surface area contributed by atoms with Gasteiger partial charge in [-0.15, -0.1) is 0 Å². The fourth-order valence-electron chi connectivity index (χ4n) is 2.50. The highest BCUT2D eigenvalue weighted by molar-refractivity contribution is 6.33. The van der Waals surface area contributed by atoms with E-state index in [-0.39, 0.29) is 6.79 Å². The van der Waals surface area contributed by atoms with Gasteiger partial charge in [-0.2, -0.15) is 0 Å². The van der Waals surface area contributed by atoms with E-state index in [9.17, 15) is 0 Å². The number of benzene rings is 1. The molecular formula is C13H16ClNO2. The Morgan fingerprint density at radius 1 is 1.29 bits per heavy atom. The first kappa shape index (κ1) is 11.2. The molecule has 3 rings (SSSR count). The highest BCUT2D eigenvalue weighted by atomic mass is 35.5. The predicted molar refractivity (Wildman–Crippen MR) is 66.9 cm³/mol. The van der Waals surface area contributed by atoms with E-state index in [4.69, 9.17) is 21.1 Å². The first-order chi connectivity index (χ1) is 8.34. The van der Waals surface area contributed by atoms with E-state index in [0.717, 1.165) is 24.3 Å². The third-order valence-electron chi connectivity index (χ3n) is 3.44. The van der Waals surface area contributed by atoms with Crippen LogP contribution >= 0.6 is 11.6 Å². The van der Waals surface area contributed by atoms with Crippen LogP contribution in [-0.4, -0.2) is 19.4 Å². The lowest BCUT2D eigenvalue weighted by Gasteiger charge is -2.23. The molecule has 0 aliphatic carbocycles. The molecule has 1 unspecified atom stereocenters. The van der Waals surface area contributed by atoms with E-state index in [2.05, 4.69) is 5.32 Å². The fourth-order valence-corrected chi connectivity index (χ4v) is 2.79. The quantitative estimate of drug-likeness (QED) is 0.879. The molecule has 1 aromatic rings. The van der Waals surface area contributed by atoms with Gasteiger partial charge in [-0.05, 0) is 37.4 Å². The molecule has 0 radical (unpaired) electrons. The molecule has 2 aliphatic rings. The smallest absolute Gasteiger partial charge is 0.231 e. The summed E-state index contributed by atoms with van der Waals surface area (Å²) < 4.78 is 10.7. The van der Waals surface area contributed by atoms with Gasteiger partial charge in [0.25, 0.3) is 0 Å². The van der Waals surface area contributed by atoms with Crippen molar-refractivity contribution in [2.24, 2.45) is 0 Å². The Labute approximate surface area is 106 Å². The molecule has 92 valence electrons. The second kappa shape index (κ2) is 4.75. The largest absolute Gasteiger partial charge is 0.454 e. The molecule has 1 saturated heterocycles. The summed E-state index contributed by atoms with van der Waals surface area (Å²) in [6.45, 7) is 1.40. The number of fused-ring (bicyclic) bond motifs is 1. The summed E-state index contributed by atoms with van der Waals surface area (Å²) in [5.74, 6) is 1.47. The van der Waals surface area contributed by atoms with Crippen molar-refractivity contribution >= 4 is 11.6 Å². The van der Waals surface area contributed by atoms with Crippen LogP contribution in [0.15, 0.2) is 12.1 Å². The number of ether oxygens (including phenoxy) is 2. The zero-order valence-electron chi connectivity index (χ0n) is 9.67. The molecule has 17 heavy (non-hydrogen) atoms. The number of halogens is 1. The maximum absolute atomic E-state index is 6.34. The normalized spacial score (nSPS) is 22.8. The molecule has 3 nitrogen and oxygen atoms in total.